The molecule has 3 heterocycles. The number of H-pyrrole nitrogens is 1. The van der Waals surface area contributed by atoms with Crippen LogP contribution in [0.15, 0.2) is 62.8 Å². The summed E-state index contributed by atoms with van der Waals surface area (Å²) in [6, 6.07) is 14.6. The van der Waals surface area contributed by atoms with Gasteiger partial charge in [-0.2, -0.15) is 0 Å². The molecule has 30 heavy (non-hydrogen) atoms. The van der Waals surface area contributed by atoms with Crippen LogP contribution < -0.4 is 14.5 Å². The van der Waals surface area contributed by atoms with Crippen molar-refractivity contribution in [2.24, 2.45) is 5.92 Å². The number of aromatic amines is 1. The lowest BCUT2D eigenvalue weighted by Gasteiger charge is -2.29. The average Bonchev–Trinajstić information content (AvgIpc) is 3.24. The lowest BCUT2D eigenvalue weighted by molar-refractivity contribution is -0.122. The van der Waals surface area contributed by atoms with Crippen molar-refractivity contribution in [3.05, 3.63) is 73.1 Å². The number of nitrogens with one attached hydrogen (secondary N) is 1. The van der Waals surface area contributed by atoms with E-state index in [9.17, 15) is 14.4 Å². The molecular weight excluding hydrogens is 488 g/mol. The molecule has 3 aromatic rings. The van der Waals surface area contributed by atoms with Gasteiger partial charge in [-0.1, -0.05) is 51.2 Å². The highest BCUT2D eigenvalue weighted by Gasteiger charge is 2.56. The van der Waals surface area contributed by atoms with Gasteiger partial charge in [-0.25, -0.2) is 4.90 Å². The first-order chi connectivity index (χ1) is 14.5. The second-order valence-electron chi connectivity index (χ2n) is 7.01. The van der Waals surface area contributed by atoms with Gasteiger partial charge in [0, 0.05) is 15.3 Å². The molecule has 1 N–H and O–H groups in total. The molecule has 9 heteroatoms. The Bertz CT molecular complexity index is 1200. The lowest BCUT2D eigenvalue weighted by Crippen LogP contribution is -2.32. The third-order valence-electron chi connectivity index (χ3n) is 5.38. The van der Waals surface area contributed by atoms with Crippen molar-refractivity contribution in [2.45, 2.75) is 16.2 Å². The normalized spacial score (nSPS) is 22.7. The summed E-state index contributed by atoms with van der Waals surface area (Å²) in [7, 11) is 1.59. The molecule has 0 spiro atoms. The standard InChI is InChI=1S/C21H15BrN2O4S2/c1-28-13-8-2-10(3-9-13)14-15-17(29-18-16(14)30-21(27)23-18)20(26)24(19(15)25)12-6-4-11(22)5-7-12/h2-9,14-15,17H,1H3,(H,23,27)/t14-,15-,17-/m1/s1. The van der Waals surface area contributed by atoms with Crippen LogP contribution in [0.5, 0.6) is 5.75 Å². The van der Waals surface area contributed by atoms with Crippen molar-refractivity contribution in [1.82, 2.24) is 4.98 Å². The van der Waals surface area contributed by atoms with Crippen molar-refractivity contribution in [1.29, 1.82) is 0 Å². The molecule has 3 atom stereocenters. The first-order valence-corrected chi connectivity index (χ1v) is 11.6. The van der Waals surface area contributed by atoms with Crippen LogP contribution in [-0.4, -0.2) is 29.2 Å². The van der Waals surface area contributed by atoms with Crippen molar-refractivity contribution in [3.8, 4) is 5.75 Å². The summed E-state index contributed by atoms with van der Waals surface area (Å²) in [6.07, 6.45) is 0. The van der Waals surface area contributed by atoms with Crippen LogP contribution in [0, 0.1) is 5.92 Å². The van der Waals surface area contributed by atoms with Gasteiger partial charge in [0.15, 0.2) is 0 Å². The van der Waals surface area contributed by atoms with Crippen LogP contribution in [0.3, 0.4) is 0 Å². The number of benzene rings is 2. The highest BCUT2D eigenvalue weighted by atomic mass is 79.9. The fourth-order valence-corrected chi connectivity index (χ4v) is 6.81. The van der Waals surface area contributed by atoms with E-state index in [-0.39, 0.29) is 22.6 Å². The number of carbonyl (C=O) groups is 2. The number of thioether (sulfide) groups is 1. The minimum Gasteiger partial charge on any atom is -0.497 e. The molecule has 2 aliphatic rings. The highest BCUT2D eigenvalue weighted by molar-refractivity contribution is 9.10. The number of ether oxygens (including phenoxy) is 1. The molecule has 1 fully saturated rings. The molecule has 2 aromatic carbocycles. The summed E-state index contributed by atoms with van der Waals surface area (Å²) >= 11 is 5.76. The third-order valence-corrected chi connectivity index (χ3v) is 8.31. The SMILES string of the molecule is COc1ccc([C@H]2c3sc(=O)[nH]c3S[C@H]3C(=O)N(c4ccc(Br)cc4)C(=O)[C@H]23)cc1. The number of methoxy groups -OCH3 is 1. The fourth-order valence-electron chi connectivity index (χ4n) is 4.03. The van der Waals surface area contributed by atoms with Crippen LogP contribution in [-0.2, 0) is 9.59 Å². The molecular formula is C21H15BrN2O4S2. The minimum atomic E-state index is -0.592. The summed E-state index contributed by atoms with van der Waals surface area (Å²) in [4.78, 5) is 43.6. The van der Waals surface area contributed by atoms with Crippen LogP contribution >= 0.6 is 39.0 Å². The number of anilines is 1. The third kappa shape index (κ3) is 3.03. The number of fused-ring (bicyclic) bond motifs is 2. The fraction of sp³-hybridized carbons (Fsp3) is 0.190. The molecule has 1 saturated heterocycles. The molecule has 152 valence electrons. The second kappa shape index (κ2) is 7.40. The minimum absolute atomic E-state index is 0.185. The average molecular weight is 503 g/mol. The highest BCUT2D eigenvalue weighted by Crippen LogP contribution is 2.53. The van der Waals surface area contributed by atoms with E-state index in [2.05, 4.69) is 20.9 Å². The molecule has 0 saturated carbocycles. The van der Waals surface area contributed by atoms with Crippen LogP contribution in [0.25, 0.3) is 0 Å². The zero-order valence-corrected chi connectivity index (χ0v) is 18.8. The molecule has 0 unspecified atom stereocenters. The Balaban J connectivity index is 1.63. The molecule has 6 nitrogen and oxygen atoms in total. The second-order valence-corrected chi connectivity index (χ2v) is 10.1. The van der Waals surface area contributed by atoms with Crippen LogP contribution in [0.1, 0.15) is 16.4 Å². The summed E-state index contributed by atoms with van der Waals surface area (Å²) in [5.74, 6) is -0.759. The molecule has 2 amide bonds. The van der Waals surface area contributed by atoms with Gasteiger partial charge >= 0.3 is 4.87 Å². The van der Waals surface area contributed by atoms with E-state index in [4.69, 9.17) is 4.74 Å². The molecule has 2 aliphatic heterocycles. The number of rotatable bonds is 3. The Kier molecular flexibility index (Phi) is 4.83. The van der Waals surface area contributed by atoms with E-state index in [0.29, 0.717) is 16.5 Å². The number of amides is 2. The van der Waals surface area contributed by atoms with Crippen molar-refractivity contribution < 1.29 is 14.3 Å². The van der Waals surface area contributed by atoms with Crippen molar-refractivity contribution >= 4 is 56.5 Å². The summed E-state index contributed by atoms with van der Waals surface area (Å²) < 4.78 is 6.12. The van der Waals surface area contributed by atoms with Gasteiger partial charge in [0.05, 0.1) is 23.7 Å². The molecule has 1 aromatic heterocycles. The predicted molar refractivity (Wildman–Crippen MR) is 120 cm³/mol. The number of hydrogen-bond donors (Lipinski definition) is 1. The van der Waals surface area contributed by atoms with Gasteiger partial charge in [-0.15, -0.1) is 0 Å². The van der Waals surface area contributed by atoms with Crippen molar-refractivity contribution in [2.75, 3.05) is 12.0 Å². The maximum absolute atomic E-state index is 13.5. The Morgan fingerprint density at radius 3 is 2.37 bits per heavy atom. The maximum atomic E-state index is 13.5. The monoisotopic (exact) mass is 502 g/mol. The van der Waals surface area contributed by atoms with E-state index in [1.807, 2.05) is 24.3 Å². The lowest BCUT2D eigenvalue weighted by atomic mass is 9.83. The van der Waals surface area contributed by atoms with Crippen LogP contribution in [0.2, 0.25) is 0 Å². The number of carbonyl (C=O) groups excluding carboxylic acids is 2. The van der Waals surface area contributed by atoms with Gasteiger partial charge in [-0.05, 0) is 42.0 Å². The molecule has 0 radical (unpaired) electrons. The Morgan fingerprint density at radius 2 is 1.70 bits per heavy atom. The Morgan fingerprint density at radius 1 is 1.00 bits per heavy atom. The Labute approximate surface area is 188 Å². The summed E-state index contributed by atoms with van der Waals surface area (Å²) in [5, 5.41) is 0.0804. The maximum Gasteiger partial charge on any atom is 0.305 e. The van der Waals surface area contributed by atoms with Gasteiger partial charge in [0.1, 0.15) is 11.0 Å². The van der Waals surface area contributed by atoms with Crippen LogP contribution in [0.4, 0.5) is 5.69 Å². The van der Waals surface area contributed by atoms with E-state index in [1.54, 1.807) is 31.4 Å². The van der Waals surface area contributed by atoms with Gasteiger partial charge in [0.2, 0.25) is 11.8 Å². The smallest absolute Gasteiger partial charge is 0.305 e. The summed E-state index contributed by atoms with van der Waals surface area (Å²) in [6.45, 7) is 0. The van der Waals surface area contributed by atoms with Gasteiger partial charge < -0.3 is 9.72 Å². The zero-order valence-electron chi connectivity index (χ0n) is 15.6. The Hall–Kier alpha value is -2.36. The topological polar surface area (TPSA) is 79.5 Å². The first-order valence-electron chi connectivity index (χ1n) is 9.15. The first kappa shape index (κ1) is 19.6. The van der Waals surface area contributed by atoms with Crippen molar-refractivity contribution in [3.63, 3.8) is 0 Å². The van der Waals surface area contributed by atoms with E-state index >= 15 is 0 Å². The molecule has 0 bridgehead atoms. The zero-order chi connectivity index (χ0) is 21.0. The number of hydrogen-bond acceptors (Lipinski definition) is 6. The number of nitrogens with zero attached hydrogens (tertiary/aromatic N) is 1. The molecule has 5 rings (SSSR count). The summed E-state index contributed by atoms with van der Waals surface area (Å²) in [5.41, 5.74) is 1.43. The predicted octanol–water partition coefficient (Wildman–Crippen LogP) is 4.00. The largest absolute Gasteiger partial charge is 0.497 e. The number of aromatic nitrogens is 1. The number of halogens is 1. The number of imide groups is 1. The molecule has 0 aliphatic carbocycles. The quantitative estimate of drug-likeness (QED) is 0.547. The van der Waals surface area contributed by atoms with E-state index in [1.165, 1.54) is 16.7 Å². The number of thiazole rings is 1. The van der Waals surface area contributed by atoms with E-state index < -0.39 is 11.2 Å². The van der Waals surface area contributed by atoms with E-state index in [0.717, 1.165) is 26.3 Å². The van der Waals surface area contributed by atoms with Gasteiger partial charge in [0.25, 0.3) is 0 Å². The van der Waals surface area contributed by atoms with Gasteiger partial charge in [-0.3, -0.25) is 14.4 Å².